The number of pyridine rings is 2. The van der Waals surface area contributed by atoms with Gasteiger partial charge in [-0.25, -0.2) is 31.9 Å². The first-order valence-corrected chi connectivity index (χ1v) is 8.53. The van der Waals surface area contributed by atoms with Crippen LogP contribution in [-0.2, 0) is 15.9 Å². The standard InChI is InChI=1S/C11H9FN2.C10H7FN2O/c1-8-6-11(7-8,13-2)10-9(12)4-3-5-14-10;1-12-10(5-7(14)6-10)9-8(11)3-2-4-13-9/h3-5H,1,6-7H2;2-4H,5-6H2. The molecule has 2 aromatic rings. The molecule has 0 radical (unpaired) electrons. The van der Waals surface area contributed by atoms with Crippen molar-refractivity contribution in [3.8, 4) is 0 Å². The van der Waals surface area contributed by atoms with Gasteiger partial charge in [0.25, 0.3) is 11.1 Å². The van der Waals surface area contributed by atoms with Crippen LogP contribution in [0.15, 0.2) is 48.8 Å². The Kier molecular flexibility index (Phi) is 5.02. The van der Waals surface area contributed by atoms with Gasteiger partial charge in [-0.1, -0.05) is 12.2 Å². The number of rotatable bonds is 2. The van der Waals surface area contributed by atoms with Crippen LogP contribution in [0.5, 0.6) is 0 Å². The molecule has 0 aromatic carbocycles. The monoisotopic (exact) mass is 378 g/mol. The maximum Gasteiger partial charge on any atom is 0.290 e. The Bertz CT molecular complexity index is 936. The van der Waals surface area contributed by atoms with Gasteiger partial charge in [-0.3, -0.25) is 4.79 Å². The zero-order valence-electron chi connectivity index (χ0n) is 15.0. The number of hydrogen-bond acceptors (Lipinski definition) is 3. The molecule has 2 aromatic heterocycles. The molecule has 28 heavy (non-hydrogen) atoms. The SMILES string of the molecule is [C-]#[N+]C1(c2ncccc2F)CC(=C)C1.[C-]#[N+]C1(c2ncccc2F)CC(=O)C1. The minimum atomic E-state index is -1.03. The Morgan fingerprint density at radius 2 is 1.32 bits per heavy atom. The van der Waals surface area contributed by atoms with Crippen LogP contribution >= 0.6 is 0 Å². The van der Waals surface area contributed by atoms with Crippen molar-refractivity contribution >= 4 is 5.78 Å². The number of Topliss-reactive ketones (excluding diaryl/α,β-unsaturated/α-hetero) is 1. The number of hydrogen-bond donors (Lipinski definition) is 0. The number of ketones is 1. The molecule has 4 rings (SSSR count). The molecular weight excluding hydrogens is 362 g/mol. The average molecular weight is 378 g/mol. The lowest BCUT2D eigenvalue weighted by atomic mass is 9.71. The van der Waals surface area contributed by atoms with E-state index < -0.39 is 22.7 Å². The molecule has 2 aliphatic carbocycles. The van der Waals surface area contributed by atoms with E-state index in [1.54, 1.807) is 0 Å². The fourth-order valence-corrected chi connectivity index (χ4v) is 3.43. The maximum atomic E-state index is 13.4. The molecule has 0 amide bonds. The lowest BCUT2D eigenvalue weighted by Crippen LogP contribution is -2.40. The minimum absolute atomic E-state index is 0.00828. The highest BCUT2D eigenvalue weighted by molar-refractivity contribution is 5.89. The van der Waals surface area contributed by atoms with Gasteiger partial charge in [-0.2, -0.15) is 0 Å². The van der Waals surface area contributed by atoms with Gasteiger partial charge in [0, 0.05) is 12.4 Å². The summed E-state index contributed by atoms with van der Waals surface area (Å²) in [6.45, 7) is 17.9. The van der Waals surface area contributed by atoms with Crippen molar-refractivity contribution in [1.29, 1.82) is 0 Å². The summed E-state index contributed by atoms with van der Waals surface area (Å²) in [6, 6.07) is 5.61. The minimum Gasteiger partial charge on any atom is -0.303 e. The number of nitrogens with zero attached hydrogens (tertiary/aromatic N) is 4. The third-order valence-corrected chi connectivity index (χ3v) is 4.89. The van der Waals surface area contributed by atoms with Gasteiger partial charge in [-0.05, 0) is 24.3 Å². The molecule has 0 aliphatic heterocycles. The number of aromatic nitrogens is 2. The first kappa shape index (κ1) is 19.3. The predicted octanol–water partition coefficient (Wildman–Crippen LogP) is 4.38. The van der Waals surface area contributed by atoms with E-state index in [9.17, 15) is 13.6 Å². The Hall–Kier alpha value is -3.45. The van der Waals surface area contributed by atoms with Crippen LogP contribution in [0.4, 0.5) is 8.78 Å². The molecule has 7 heteroatoms. The topological polar surface area (TPSA) is 51.6 Å². The van der Waals surface area contributed by atoms with Gasteiger partial charge < -0.3 is 9.69 Å². The first-order valence-electron chi connectivity index (χ1n) is 8.53. The van der Waals surface area contributed by atoms with Crippen molar-refractivity contribution in [2.45, 2.75) is 36.8 Å². The quantitative estimate of drug-likeness (QED) is 0.576. The van der Waals surface area contributed by atoms with Crippen molar-refractivity contribution < 1.29 is 13.6 Å². The average Bonchev–Trinajstić information content (AvgIpc) is 2.64. The molecule has 0 saturated heterocycles. The highest BCUT2D eigenvalue weighted by Gasteiger charge is 2.55. The third kappa shape index (κ3) is 3.27. The molecule has 0 spiro atoms. The summed E-state index contributed by atoms with van der Waals surface area (Å²) in [7, 11) is 0. The summed E-state index contributed by atoms with van der Waals surface area (Å²) in [6.07, 6.45) is 4.20. The van der Waals surface area contributed by atoms with Crippen molar-refractivity contribution in [1.82, 2.24) is 9.97 Å². The maximum absolute atomic E-state index is 13.4. The fraction of sp³-hybridized carbons (Fsp3) is 0.286. The first-order chi connectivity index (χ1) is 13.4. The predicted molar refractivity (Wildman–Crippen MR) is 97.6 cm³/mol. The normalized spacial score (nSPS) is 18.4. The van der Waals surface area contributed by atoms with E-state index >= 15 is 0 Å². The van der Waals surface area contributed by atoms with E-state index in [2.05, 4.69) is 26.2 Å². The summed E-state index contributed by atoms with van der Waals surface area (Å²) in [4.78, 5) is 25.5. The van der Waals surface area contributed by atoms with Crippen LogP contribution in [-0.4, -0.2) is 15.8 Å². The van der Waals surface area contributed by atoms with Crippen LogP contribution in [0.2, 0.25) is 0 Å². The van der Waals surface area contributed by atoms with Gasteiger partial charge in [-0.15, -0.1) is 0 Å². The Morgan fingerprint density at radius 3 is 1.64 bits per heavy atom. The smallest absolute Gasteiger partial charge is 0.290 e. The van der Waals surface area contributed by atoms with E-state index in [4.69, 9.17) is 13.1 Å². The van der Waals surface area contributed by atoms with Gasteiger partial charge in [0.1, 0.15) is 5.78 Å². The van der Waals surface area contributed by atoms with Crippen LogP contribution in [0, 0.1) is 24.8 Å². The molecule has 0 N–H and O–H groups in total. The lowest BCUT2D eigenvalue weighted by molar-refractivity contribution is -0.127. The molecule has 2 aliphatic rings. The largest absolute Gasteiger partial charge is 0.303 e. The molecule has 2 heterocycles. The molecule has 140 valence electrons. The van der Waals surface area contributed by atoms with Crippen molar-refractivity contribution in [2.24, 2.45) is 0 Å². The van der Waals surface area contributed by atoms with Gasteiger partial charge >= 0.3 is 0 Å². The molecule has 2 fully saturated rings. The summed E-state index contributed by atoms with van der Waals surface area (Å²) in [5.41, 5.74) is -0.437. The summed E-state index contributed by atoms with van der Waals surface area (Å²) < 4.78 is 26.7. The molecular formula is C21H16F2N4O. The van der Waals surface area contributed by atoms with Crippen LogP contribution in [0.1, 0.15) is 37.1 Å². The Labute approximate surface area is 161 Å². The lowest BCUT2D eigenvalue weighted by Gasteiger charge is -2.31. The molecule has 0 atom stereocenters. The molecule has 2 saturated carbocycles. The van der Waals surface area contributed by atoms with Crippen LogP contribution in [0.3, 0.4) is 0 Å². The van der Waals surface area contributed by atoms with Gasteiger partial charge in [0.2, 0.25) is 0 Å². The summed E-state index contributed by atoms with van der Waals surface area (Å²) in [5, 5.41) is 0. The Balaban J connectivity index is 0.000000161. The second-order valence-corrected chi connectivity index (χ2v) is 6.95. The fourth-order valence-electron chi connectivity index (χ4n) is 3.43. The zero-order chi connectivity index (χ0) is 20.4. The highest BCUT2D eigenvalue weighted by atomic mass is 19.1. The van der Waals surface area contributed by atoms with E-state index in [-0.39, 0.29) is 30.0 Å². The number of carbonyl (C=O) groups excluding carboxylic acids is 1. The second-order valence-electron chi connectivity index (χ2n) is 6.95. The summed E-state index contributed by atoms with van der Waals surface area (Å²) >= 11 is 0. The van der Waals surface area contributed by atoms with Crippen molar-refractivity contribution in [3.05, 3.63) is 94.7 Å². The van der Waals surface area contributed by atoms with E-state index in [0.29, 0.717) is 12.8 Å². The summed E-state index contributed by atoms with van der Waals surface area (Å²) in [5.74, 6) is -0.905. The molecule has 5 nitrogen and oxygen atoms in total. The van der Waals surface area contributed by atoms with Crippen molar-refractivity contribution in [2.75, 3.05) is 0 Å². The molecule has 0 unspecified atom stereocenters. The Morgan fingerprint density at radius 1 is 0.893 bits per heavy atom. The van der Waals surface area contributed by atoms with Gasteiger partial charge in [0.15, 0.2) is 23.0 Å². The van der Waals surface area contributed by atoms with Crippen LogP contribution in [0.25, 0.3) is 9.69 Å². The highest BCUT2D eigenvalue weighted by Crippen LogP contribution is 2.47. The van der Waals surface area contributed by atoms with Gasteiger partial charge in [0.05, 0.1) is 25.7 Å². The number of carbonyl (C=O) groups is 1. The van der Waals surface area contributed by atoms with E-state index in [1.165, 1.54) is 36.7 Å². The zero-order valence-corrected chi connectivity index (χ0v) is 15.0. The molecule has 0 bridgehead atoms. The second kappa shape index (κ2) is 7.28. The van der Waals surface area contributed by atoms with E-state index in [1.807, 2.05) is 0 Å². The number of halogens is 2. The third-order valence-electron chi connectivity index (χ3n) is 4.89. The van der Waals surface area contributed by atoms with Crippen LogP contribution < -0.4 is 0 Å². The van der Waals surface area contributed by atoms with Crippen molar-refractivity contribution in [3.63, 3.8) is 0 Å². The van der Waals surface area contributed by atoms with E-state index in [0.717, 1.165) is 5.57 Å².